The second kappa shape index (κ2) is 7.95. The topological polar surface area (TPSA) is 42.0 Å². The van der Waals surface area contributed by atoms with Crippen LogP contribution in [0.25, 0.3) is 0 Å². The number of hydrogen-bond acceptors (Lipinski definition) is 4. The Morgan fingerprint density at radius 2 is 2.00 bits per heavy atom. The van der Waals surface area contributed by atoms with E-state index in [0.717, 1.165) is 65.1 Å². The quantitative estimate of drug-likeness (QED) is 0.796. The molecule has 0 bridgehead atoms. The van der Waals surface area contributed by atoms with Crippen molar-refractivity contribution in [2.75, 3.05) is 39.4 Å². The molecule has 2 saturated heterocycles. The maximum absolute atomic E-state index is 12.1. The minimum absolute atomic E-state index is 0.00546. The second-order valence-corrected chi connectivity index (χ2v) is 7.40. The van der Waals surface area contributed by atoms with Crippen LogP contribution in [0.5, 0.6) is 0 Å². The highest BCUT2D eigenvalue weighted by atomic mass is 16.7. The van der Waals surface area contributed by atoms with E-state index in [-0.39, 0.29) is 17.7 Å². The summed E-state index contributed by atoms with van der Waals surface area (Å²) in [5.41, 5.74) is 0.0870. The summed E-state index contributed by atoms with van der Waals surface area (Å²) >= 11 is 0. The van der Waals surface area contributed by atoms with Gasteiger partial charge in [-0.2, -0.15) is 0 Å². The van der Waals surface area contributed by atoms with Crippen LogP contribution in [0.4, 0.5) is 0 Å². The summed E-state index contributed by atoms with van der Waals surface area (Å²) in [6.07, 6.45) is 9.56. The Hall–Kier alpha value is -0.650. The molecular formula is C18H32N2O3. The molecule has 0 aromatic rings. The standard InChI is InChI=1S/C18H32N2O3/c1-16(21)20-11-10-19(15-18(20)8-4-2-5-9-18)12-14-23-17-7-3-6-13-22-17/h17H,2-15H2,1H3/t17-/m1/s1. The number of rotatable bonds is 4. The molecule has 132 valence electrons. The fourth-order valence-corrected chi connectivity index (χ4v) is 4.54. The molecule has 1 spiro atoms. The first-order chi connectivity index (χ1) is 11.2. The second-order valence-electron chi connectivity index (χ2n) is 7.40. The number of hydrogen-bond donors (Lipinski definition) is 0. The number of piperazine rings is 1. The van der Waals surface area contributed by atoms with Gasteiger partial charge in [-0.25, -0.2) is 0 Å². The van der Waals surface area contributed by atoms with E-state index in [9.17, 15) is 4.79 Å². The predicted molar refractivity (Wildman–Crippen MR) is 89.2 cm³/mol. The summed E-state index contributed by atoms with van der Waals surface area (Å²) < 4.78 is 11.5. The SMILES string of the molecule is CC(=O)N1CCN(CCO[C@@H]2CCCCO2)CC12CCCCC2. The zero-order chi connectivity index (χ0) is 16.1. The molecular weight excluding hydrogens is 292 g/mol. The molecule has 2 aliphatic heterocycles. The summed E-state index contributed by atoms with van der Waals surface area (Å²) in [7, 11) is 0. The van der Waals surface area contributed by atoms with Crippen LogP contribution in [0.2, 0.25) is 0 Å². The first-order valence-corrected chi connectivity index (χ1v) is 9.43. The lowest BCUT2D eigenvalue weighted by molar-refractivity contribution is -0.166. The van der Waals surface area contributed by atoms with Crippen LogP contribution in [0.1, 0.15) is 58.3 Å². The number of carbonyl (C=O) groups excluding carboxylic acids is 1. The van der Waals surface area contributed by atoms with Crippen molar-refractivity contribution in [1.82, 2.24) is 9.80 Å². The van der Waals surface area contributed by atoms with Crippen LogP contribution in [-0.2, 0) is 14.3 Å². The predicted octanol–water partition coefficient (Wildman–Crippen LogP) is 2.40. The van der Waals surface area contributed by atoms with E-state index in [0.29, 0.717) is 0 Å². The minimum Gasteiger partial charge on any atom is -0.353 e. The van der Waals surface area contributed by atoms with E-state index in [4.69, 9.17) is 9.47 Å². The van der Waals surface area contributed by atoms with Crippen LogP contribution in [0, 0.1) is 0 Å². The van der Waals surface area contributed by atoms with Crippen LogP contribution < -0.4 is 0 Å². The molecule has 23 heavy (non-hydrogen) atoms. The molecule has 5 heteroatoms. The fourth-order valence-electron chi connectivity index (χ4n) is 4.54. The van der Waals surface area contributed by atoms with Crippen molar-refractivity contribution < 1.29 is 14.3 Å². The minimum atomic E-state index is 0.00546. The molecule has 1 aliphatic carbocycles. The zero-order valence-corrected chi connectivity index (χ0v) is 14.6. The van der Waals surface area contributed by atoms with E-state index >= 15 is 0 Å². The van der Waals surface area contributed by atoms with Crippen LogP contribution >= 0.6 is 0 Å². The maximum Gasteiger partial charge on any atom is 0.219 e. The highest BCUT2D eigenvalue weighted by Gasteiger charge is 2.43. The monoisotopic (exact) mass is 324 g/mol. The number of nitrogens with zero attached hydrogens (tertiary/aromatic N) is 2. The van der Waals surface area contributed by atoms with E-state index in [2.05, 4.69) is 9.80 Å². The van der Waals surface area contributed by atoms with Crippen LogP contribution in [-0.4, -0.2) is 66.9 Å². The van der Waals surface area contributed by atoms with Gasteiger partial charge in [-0.05, 0) is 32.1 Å². The fraction of sp³-hybridized carbons (Fsp3) is 0.944. The number of amides is 1. The lowest BCUT2D eigenvalue weighted by atomic mass is 9.78. The first kappa shape index (κ1) is 17.2. The van der Waals surface area contributed by atoms with E-state index < -0.39 is 0 Å². The molecule has 3 fully saturated rings. The molecule has 3 aliphatic rings. The highest BCUT2D eigenvalue weighted by Crippen LogP contribution is 2.36. The molecule has 0 unspecified atom stereocenters. The number of carbonyl (C=O) groups is 1. The van der Waals surface area contributed by atoms with Gasteiger partial charge in [0.15, 0.2) is 6.29 Å². The lowest BCUT2D eigenvalue weighted by Crippen LogP contribution is -2.64. The van der Waals surface area contributed by atoms with E-state index in [1.54, 1.807) is 6.92 Å². The Kier molecular flexibility index (Phi) is 5.94. The van der Waals surface area contributed by atoms with Gasteiger partial charge in [0.1, 0.15) is 0 Å². The van der Waals surface area contributed by atoms with Gasteiger partial charge in [-0.1, -0.05) is 19.3 Å². The average molecular weight is 324 g/mol. The van der Waals surface area contributed by atoms with Gasteiger partial charge in [-0.3, -0.25) is 9.69 Å². The van der Waals surface area contributed by atoms with Crippen molar-refractivity contribution >= 4 is 5.91 Å². The Morgan fingerprint density at radius 3 is 2.70 bits per heavy atom. The summed E-state index contributed by atoms with van der Waals surface area (Å²) in [5.74, 6) is 0.249. The largest absolute Gasteiger partial charge is 0.353 e. The lowest BCUT2D eigenvalue weighted by Gasteiger charge is -2.52. The third-order valence-corrected chi connectivity index (χ3v) is 5.74. The Morgan fingerprint density at radius 1 is 1.17 bits per heavy atom. The van der Waals surface area contributed by atoms with Gasteiger partial charge >= 0.3 is 0 Å². The van der Waals surface area contributed by atoms with Gasteiger partial charge in [0, 0.05) is 39.7 Å². The van der Waals surface area contributed by atoms with Gasteiger partial charge in [-0.15, -0.1) is 0 Å². The van der Waals surface area contributed by atoms with Gasteiger partial charge in [0.25, 0.3) is 0 Å². The molecule has 0 aromatic heterocycles. The Balaban J connectivity index is 1.50. The smallest absolute Gasteiger partial charge is 0.219 e. The molecule has 1 atom stereocenters. The Bertz CT molecular complexity index is 390. The molecule has 3 rings (SSSR count). The van der Waals surface area contributed by atoms with Gasteiger partial charge in [0.2, 0.25) is 5.91 Å². The zero-order valence-electron chi connectivity index (χ0n) is 14.6. The summed E-state index contributed by atoms with van der Waals surface area (Å²) in [6, 6.07) is 0. The maximum atomic E-state index is 12.1. The van der Waals surface area contributed by atoms with Crippen molar-refractivity contribution in [3.8, 4) is 0 Å². The van der Waals surface area contributed by atoms with Crippen LogP contribution in [0.3, 0.4) is 0 Å². The van der Waals surface area contributed by atoms with E-state index in [1.165, 1.54) is 25.7 Å². The van der Waals surface area contributed by atoms with Gasteiger partial charge in [0.05, 0.1) is 12.1 Å². The molecule has 0 aromatic carbocycles. The van der Waals surface area contributed by atoms with Crippen molar-refractivity contribution in [1.29, 1.82) is 0 Å². The summed E-state index contributed by atoms with van der Waals surface area (Å²) in [4.78, 5) is 16.7. The van der Waals surface area contributed by atoms with E-state index in [1.807, 2.05) is 0 Å². The molecule has 1 amide bonds. The summed E-state index contributed by atoms with van der Waals surface area (Å²) in [6.45, 7) is 7.11. The first-order valence-electron chi connectivity index (χ1n) is 9.43. The van der Waals surface area contributed by atoms with Crippen molar-refractivity contribution in [3.63, 3.8) is 0 Å². The molecule has 0 radical (unpaired) electrons. The average Bonchev–Trinajstić information content (AvgIpc) is 2.56. The van der Waals surface area contributed by atoms with Crippen molar-refractivity contribution in [2.45, 2.75) is 70.1 Å². The molecule has 2 heterocycles. The number of ether oxygens (including phenoxy) is 2. The van der Waals surface area contributed by atoms with Crippen LogP contribution in [0.15, 0.2) is 0 Å². The molecule has 5 nitrogen and oxygen atoms in total. The normalized spacial score (nSPS) is 28.9. The van der Waals surface area contributed by atoms with Crippen molar-refractivity contribution in [3.05, 3.63) is 0 Å². The highest BCUT2D eigenvalue weighted by molar-refractivity contribution is 5.74. The Labute approximate surface area is 140 Å². The third-order valence-electron chi connectivity index (χ3n) is 5.74. The molecule has 0 N–H and O–H groups in total. The van der Waals surface area contributed by atoms with Crippen molar-refractivity contribution in [2.24, 2.45) is 0 Å². The molecule has 1 saturated carbocycles. The third kappa shape index (κ3) is 4.25. The summed E-state index contributed by atoms with van der Waals surface area (Å²) in [5, 5.41) is 0. The van der Waals surface area contributed by atoms with Gasteiger partial charge < -0.3 is 14.4 Å².